The summed E-state index contributed by atoms with van der Waals surface area (Å²) in [6.07, 6.45) is 9.64. The number of hydrogen-bond donors (Lipinski definition) is 0. The Morgan fingerprint density at radius 3 is 2.85 bits per heavy atom. The normalized spacial score (nSPS) is 11.4. The van der Waals surface area contributed by atoms with Crippen LogP contribution in [0.4, 0.5) is 0 Å². The smallest absolute Gasteiger partial charge is 0.250 e. The number of hydrogen-bond acceptors (Lipinski definition) is 4. The molecule has 0 aromatic carbocycles. The van der Waals surface area contributed by atoms with Gasteiger partial charge in [-0.15, -0.1) is 0 Å². The molecule has 104 valence electrons. The molecule has 0 aliphatic rings. The molecule has 0 unspecified atom stereocenters. The first-order valence-electron chi connectivity index (χ1n) is 6.70. The van der Waals surface area contributed by atoms with Crippen LogP contribution < -0.4 is 0 Å². The maximum atomic E-state index is 5.24. The molecule has 2 aromatic heterocycles. The van der Waals surface area contributed by atoms with Crippen molar-refractivity contribution in [2.45, 2.75) is 33.6 Å². The Kier molecular flexibility index (Phi) is 4.82. The molecular weight excluding hydrogens is 250 g/mol. The van der Waals surface area contributed by atoms with Crippen LogP contribution in [0.2, 0.25) is 0 Å². The van der Waals surface area contributed by atoms with Crippen LogP contribution >= 0.6 is 0 Å². The quantitative estimate of drug-likeness (QED) is 0.760. The van der Waals surface area contributed by atoms with Gasteiger partial charge in [0.15, 0.2) is 0 Å². The van der Waals surface area contributed by atoms with Crippen LogP contribution in [0.25, 0.3) is 17.5 Å². The minimum atomic E-state index is 0.540. The first-order valence-corrected chi connectivity index (χ1v) is 6.70. The Bertz CT molecular complexity index is 608. The maximum absolute atomic E-state index is 5.24. The van der Waals surface area contributed by atoms with Gasteiger partial charge in [-0.3, -0.25) is 4.98 Å². The lowest BCUT2D eigenvalue weighted by molar-refractivity contribution is 0.410. The summed E-state index contributed by atoms with van der Waals surface area (Å²) in [5, 5.41) is 3.97. The van der Waals surface area contributed by atoms with Gasteiger partial charge in [-0.25, -0.2) is 0 Å². The zero-order chi connectivity index (χ0) is 14.4. The molecule has 0 spiro atoms. The third kappa shape index (κ3) is 4.16. The van der Waals surface area contributed by atoms with E-state index in [4.69, 9.17) is 4.52 Å². The molecule has 0 amide bonds. The molecule has 4 heteroatoms. The zero-order valence-electron chi connectivity index (χ0n) is 12.1. The van der Waals surface area contributed by atoms with Crippen LogP contribution in [0.5, 0.6) is 0 Å². The lowest BCUT2D eigenvalue weighted by Gasteiger charge is -1.96. The number of rotatable bonds is 5. The van der Waals surface area contributed by atoms with E-state index in [0.717, 1.165) is 18.4 Å². The second kappa shape index (κ2) is 6.80. The van der Waals surface area contributed by atoms with Gasteiger partial charge in [0.25, 0.3) is 5.89 Å². The molecular formula is C16H19N3O. The van der Waals surface area contributed by atoms with Gasteiger partial charge in [-0.2, -0.15) is 4.98 Å². The van der Waals surface area contributed by atoms with Crippen LogP contribution in [-0.2, 0) is 0 Å². The summed E-state index contributed by atoms with van der Waals surface area (Å²) in [7, 11) is 0. The second-order valence-electron chi connectivity index (χ2n) is 5.01. The molecule has 2 heterocycles. The van der Waals surface area contributed by atoms with Crippen molar-refractivity contribution < 1.29 is 4.52 Å². The van der Waals surface area contributed by atoms with E-state index in [1.165, 1.54) is 11.1 Å². The van der Waals surface area contributed by atoms with Crippen LogP contribution in [0.1, 0.15) is 39.5 Å². The Morgan fingerprint density at radius 2 is 2.15 bits per heavy atom. The van der Waals surface area contributed by atoms with E-state index in [0.29, 0.717) is 11.7 Å². The van der Waals surface area contributed by atoms with Crippen LogP contribution in [0.15, 0.2) is 46.3 Å². The SMILES string of the molecule is CC(C)=CCC/C(C)=C/c1nc(-c2cccnc2)no1. The fourth-order valence-corrected chi connectivity index (χ4v) is 1.78. The van der Waals surface area contributed by atoms with Crippen molar-refractivity contribution in [2.75, 3.05) is 0 Å². The summed E-state index contributed by atoms with van der Waals surface area (Å²) in [4.78, 5) is 8.40. The molecule has 0 atom stereocenters. The fraction of sp³-hybridized carbons (Fsp3) is 0.312. The maximum Gasteiger partial charge on any atom is 0.250 e. The van der Waals surface area contributed by atoms with Crippen molar-refractivity contribution in [3.63, 3.8) is 0 Å². The highest BCUT2D eigenvalue weighted by Crippen LogP contribution is 2.16. The molecule has 4 nitrogen and oxygen atoms in total. The van der Waals surface area contributed by atoms with Crippen molar-refractivity contribution in [3.05, 3.63) is 47.6 Å². The van der Waals surface area contributed by atoms with E-state index in [2.05, 4.69) is 42.0 Å². The molecule has 0 bridgehead atoms. The molecule has 0 aliphatic heterocycles. The molecule has 0 fully saturated rings. The monoisotopic (exact) mass is 269 g/mol. The summed E-state index contributed by atoms with van der Waals surface area (Å²) in [6, 6.07) is 3.76. The summed E-state index contributed by atoms with van der Waals surface area (Å²) in [5.74, 6) is 1.11. The Balaban J connectivity index is 2.04. The average molecular weight is 269 g/mol. The highest BCUT2D eigenvalue weighted by molar-refractivity contribution is 5.54. The third-order valence-corrected chi connectivity index (χ3v) is 2.82. The van der Waals surface area contributed by atoms with E-state index in [-0.39, 0.29) is 0 Å². The molecule has 0 radical (unpaired) electrons. The minimum Gasteiger partial charge on any atom is -0.334 e. The van der Waals surface area contributed by atoms with Crippen molar-refractivity contribution >= 4 is 6.08 Å². The highest BCUT2D eigenvalue weighted by Gasteiger charge is 2.06. The van der Waals surface area contributed by atoms with Gasteiger partial charge in [0.2, 0.25) is 5.82 Å². The van der Waals surface area contributed by atoms with Gasteiger partial charge in [-0.1, -0.05) is 22.4 Å². The predicted molar refractivity (Wildman–Crippen MR) is 79.8 cm³/mol. The van der Waals surface area contributed by atoms with E-state index in [1.807, 2.05) is 18.2 Å². The molecule has 0 saturated heterocycles. The Hall–Kier alpha value is -2.23. The Morgan fingerprint density at radius 1 is 1.30 bits per heavy atom. The van der Waals surface area contributed by atoms with E-state index >= 15 is 0 Å². The van der Waals surface area contributed by atoms with Crippen molar-refractivity contribution in [3.8, 4) is 11.4 Å². The van der Waals surface area contributed by atoms with Crippen LogP contribution in [0.3, 0.4) is 0 Å². The molecule has 20 heavy (non-hydrogen) atoms. The molecule has 0 aliphatic carbocycles. The van der Waals surface area contributed by atoms with Crippen LogP contribution in [0, 0.1) is 0 Å². The zero-order valence-corrected chi connectivity index (χ0v) is 12.1. The summed E-state index contributed by atoms with van der Waals surface area (Å²) in [6.45, 7) is 6.29. The van der Waals surface area contributed by atoms with E-state index in [9.17, 15) is 0 Å². The van der Waals surface area contributed by atoms with Crippen molar-refractivity contribution in [2.24, 2.45) is 0 Å². The Labute approximate surface area is 119 Å². The van der Waals surface area contributed by atoms with E-state index in [1.54, 1.807) is 12.4 Å². The average Bonchev–Trinajstić information content (AvgIpc) is 2.88. The van der Waals surface area contributed by atoms with Gasteiger partial charge < -0.3 is 4.52 Å². The van der Waals surface area contributed by atoms with Crippen molar-refractivity contribution in [1.82, 2.24) is 15.1 Å². The minimum absolute atomic E-state index is 0.540. The van der Waals surface area contributed by atoms with Gasteiger partial charge in [0, 0.05) is 24.0 Å². The largest absolute Gasteiger partial charge is 0.334 e. The summed E-state index contributed by atoms with van der Waals surface area (Å²) >= 11 is 0. The number of allylic oxidation sites excluding steroid dienone is 3. The third-order valence-electron chi connectivity index (χ3n) is 2.82. The first-order chi connectivity index (χ1) is 9.65. The van der Waals surface area contributed by atoms with E-state index < -0.39 is 0 Å². The predicted octanol–water partition coefficient (Wildman–Crippen LogP) is 4.28. The van der Waals surface area contributed by atoms with Gasteiger partial charge in [0.05, 0.1) is 0 Å². The summed E-state index contributed by atoms with van der Waals surface area (Å²) < 4.78 is 5.24. The highest BCUT2D eigenvalue weighted by atomic mass is 16.5. The second-order valence-corrected chi connectivity index (χ2v) is 5.01. The topological polar surface area (TPSA) is 51.8 Å². The molecule has 2 rings (SSSR count). The van der Waals surface area contributed by atoms with Gasteiger partial charge in [0.1, 0.15) is 0 Å². The van der Waals surface area contributed by atoms with Gasteiger partial charge >= 0.3 is 0 Å². The lowest BCUT2D eigenvalue weighted by Crippen LogP contribution is -1.82. The molecule has 0 saturated carbocycles. The fourth-order valence-electron chi connectivity index (χ4n) is 1.78. The number of aromatic nitrogens is 3. The number of nitrogens with zero attached hydrogens (tertiary/aromatic N) is 3. The number of pyridine rings is 1. The van der Waals surface area contributed by atoms with Crippen molar-refractivity contribution in [1.29, 1.82) is 0 Å². The first kappa shape index (κ1) is 14.2. The van der Waals surface area contributed by atoms with Crippen LogP contribution in [-0.4, -0.2) is 15.1 Å². The molecule has 0 N–H and O–H groups in total. The summed E-state index contributed by atoms with van der Waals surface area (Å²) in [5.41, 5.74) is 3.43. The molecule has 2 aromatic rings. The van der Waals surface area contributed by atoms with Gasteiger partial charge in [-0.05, 0) is 45.7 Å². The standard InChI is InChI=1S/C16H19N3O/c1-12(2)6-4-7-13(3)10-15-18-16(19-20-15)14-8-5-9-17-11-14/h5-6,8-11H,4,7H2,1-3H3/b13-10+. The lowest BCUT2D eigenvalue weighted by atomic mass is 10.1.